The zero-order valence-electron chi connectivity index (χ0n) is 9.09. The van der Waals surface area contributed by atoms with Crippen LogP contribution in [0.1, 0.15) is 0 Å². The van der Waals surface area contributed by atoms with Gasteiger partial charge >= 0.3 is 0 Å². The lowest BCUT2D eigenvalue weighted by Crippen LogP contribution is -1.91. The SMILES string of the molecule is Cn1ccnc1-c1cccc2ccccc12. The van der Waals surface area contributed by atoms with Gasteiger partial charge in [0.1, 0.15) is 5.82 Å². The van der Waals surface area contributed by atoms with Crippen LogP contribution in [0, 0.1) is 0 Å². The van der Waals surface area contributed by atoms with Crippen molar-refractivity contribution < 1.29 is 0 Å². The molecule has 0 radical (unpaired) electrons. The van der Waals surface area contributed by atoms with E-state index in [1.54, 1.807) is 0 Å². The third-order valence-corrected chi connectivity index (χ3v) is 2.85. The standard InChI is InChI=1S/C14H12N2/c1-16-10-9-15-14(16)13-8-4-6-11-5-2-3-7-12(11)13/h2-10H,1H3. The van der Waals surface area contributed by atoms with Gasteiger partial charge in [0.05, 0.1) is 0 Å². The third kappa shape index (κ3) is 1.31. The Morgan fingerprint density at radius 3 is 2.62 bits per heavy atom. The summed E-state index contributed by atoms with van der Waals surface area (Å²) in [6, 6.07) is 14.7. The largest absolute Gasteiger partial charge is 0.334 e. The summed E-state index contributed by atoms with van der Waals surface area (Å²) in [5.74, 6) is 1.01. The minimum absolute atomic E-state index is 1.01. The quantitative estimate of drug-likeness (QED) is 0.600. The number of aromatic nitrogens is 2. The lowest BCUT2D eigenvalue weighted by molar-refractivity contribution is 0.926. The van der Waals surface area contributed by atoms with Crippen molar-refractivity contribution in [1.82, 2.24) is 9.55 Å². The van der Waals surface area contributed by atoms with Gasteiger partial charge in [-0.15, -0.1) is 0 Å². The molecule has 0 aliphatic carbocycles. The summed E-state index contributed by atoms with van der Waals surface area (Å²) < 4.78 is 2.04. The van der Waals surface area contributed by atoms with Gasteiger partial charge in [-0.2, -0.15) is 0 Å². The van der Waals surface area contributed by atoms with Crippen molar-refractivity contribution >= 4 is 10.8 Å². The van der Waals surface area contributed by atoms with E-state index < -0.39 is 0 Å². The first kappa shape index (κ1) is 9.16. The number of imidazole rings is 1. The molecule has 0 aliphatic rings. The van der Waals surface area contributed by atoms with E-state index in [4.69, 9.17) is 0 Å². The number of fused-ring (bicyclic) bond motifs is 1. The average molecular weight is 208 g/mol. The van der Waals surface area contributed by atoms with Crippen LogP contribution in [0.4, 0.5) is 0 Å². The topological polar surface area (TPSA) is 17.8 Å². The van der Waals surface area contributed by atoms with Gasteiger partial charge in [-0.05, 0) is 10.8 Å². The number of hydrogen-bond donors (Lipinski definition) is 0. The third-order valence-electron chi connectivity index (χ3n) is 2.85. The van der Waals surface area contributed by atoms with Gasteiger partial charge in [0.25, 0.3) is 0 Å². The summed E-state index contributed by atoms with van der Waals surface area (Å²) in [7, 11) is 2.02. The smallest absolute Gasteiger partial charge is 0.140 e. The van der Waals surface area contributed by atoms with Crippen LogP contribution in [0.3, 0.4) is 0 Å². The lowest BCUT2D eigenvalue weighted by Gasteiger charge is -2.06. The first-order valence-electron chi connectivity index (χ1n) is 5.32. The van der Waals surface area contributed by atoms with Crippen LogP contribution in [-0.2, 0) is 7.05 Å². The maximum absolute atomic E-state index is 4.40. The number of aryl methyl sites for hydroxylation is 1. The molecule has 0 atom stereocenters. The van der Waals surface area contributed by atoms with Gasteiger partial charge in [-0.3, -0.25) is 0 Å². The Balaban J connectivity index is 2.36. The fourth-order valence-electron chi connectivity index (χ4n) is 2.05. The zero-order chi connectivity index (χ0) is 11.0. The first-order valence-corrected chi connectivity index (χ1v) is 5.32. The van der Waals surface area contributed by atoms with Gasteiger partial charge in [0, 0.05) is 25.0 Å². The molecule has 0 saturated heterocycles. The van der Waals surface area contributed by atoms with Crippen LogP contribution >= 0.6 is 0 Å². The highest BCUT2D eigenvalue weighted by atomic mass is 15.0. The fourth-order valence-corrected chi connectivity index (χ4v) is 2.05. The second-order valence-corrected chi connectivity index (χ2v) is 3.89. The molecule has 0 aliphatic heterocycles. The van der Waals surface area contributed by atoms with Crippen molar-refractivity contribution in [3.8, 4) is 11.4 Å². The Bertz CT molecular complexity index is 633. The van der Waals surface area contributed by atoms with Crippen LogP contribution in [0.5, 0.6) is 0 Å². The van der Waals surface area contributed by atoms with Gasteiger partial charge in [0.15, 0.2) is 0 Å². The molecule has 2 heteroatoms. The predicted molar refractivity (Wildman–Crippen MR) is 66.2 cm³/mol. The van der Waals surface area contributed by atoms with E-state index in [2.05, 4.69) is 47.4 Å². The fraction of sp³-hybridized carbons (Fsp3) is 0.0714. The van der Waals surface area contributed by atoms with Crippen molar-refractivity contribution in [3.63, 3.8) is 0 Å². The second kappa shape index (κ2) is 3.49. The van der Waals surface area contributed by atoms with E-state index in [9.17, 15) is 0 Å². The minimum Gasteiger partial charge on any atom is -0.334 e. The number of rotatable bonds is 1. The van der Waals surface area contributed by atoms with Gasteiger partial charge < -0.3 is 4.57 Å². The Labute approximate surface area is 94.2 Å². The van der Waals surface area contributed by atoms with Crippen LogP contribution in [0.25, 0.3) is 22.2 Å². The summed E-state index contributed by atoms with van der Waals surface area (Å²) in [4.78, 5) is 4.40. The van der Waals surface area contributed by atoms with Gasteiger partial charge in [0.2, 0.25) is 0 Å². The molecule has 0 spiro atoms. The molecule has 0 unspecified atom stereocenters. The average Bonchev–Trinajstić information content (AvgIpc) is 2.75. The minimum atomic E-state index is 1.01. The Hall–Kier alpha value is -2.09. The van der Waals surface area contributed by atoms with Gasteiger partial charge in [-0.25, -0.2) is 4.98 Å². The van der Waals surface area contributed by atoms with Crippen molar-refractivity contribution in [3.05, 3.63) is 54.9 Å². The van der Waals surface area contributed by atoms with Crippen LogP contribution in [-0.4, -0.2) is 9.55 Å². The molecule has 78 valence electrons. The number of nitrogens with zero attached hydrogens (tertiary/aromatic N) is 2. The van der Waals surface area contributed by atoms with Gasteiger partial charge in [-0.1, -0.05) is 42.5 Å². The molecule has 3 rings (SSSR count). The van der Waals surface area contributed by atoms with Crippen LogP contribution < -0.4 is 0 Å². The van der Waals surface area contributed by atoms with Crippen LogP contribution in [0.2, 0.25) is 0 Å². The molecular weight excluding hydrogens is 196 g/mol. The van der Waals surface area contributed by atoms with E-state index in [-0.39, 0.29) is 0 Å². The Kier molecular flexibility index (Phi) is 2.00. The van der Waals surface area contributed by atoms with E-state index in [0.29, 0.717) is 0 Å². The van der Waals surface area contributed by atoms with E-state index in [1.807, 2.05) is 24.0 Å². The molecule has 0 N–H and O–H groups in total. The monoisotopic (exact) mass is 208 g/mol. The van der Waals surface area contributed by atoms with Crippen molar-refractivity contribution in [2.75, 3.05) is 0 Å². The maximum Gasteiger partial charge on any atom is 0.140 e. The summed E-state index contributed by atoms with van der Waals surface area (Å²) >= 11 is 0. The lowest BCUT2D eigenvalue weighted by atomic mass is 10.0. The Morgan fingerprint density at radius 1 is 1.00 bits per heavy atom. The molecule has 0 bridgehead atoms. The molecule has 16 heavy (non-hydrogen) atoms. The highest BCUT2D eigenvalue weighted by Crippen LogP contribution is 2.26. The zero-order valence-corrected chi connectivity index (χ0v) is 9.09. The van der Waals surface area contributed by atoms with Crippen molar-refractivity contribution in [2.45, 2.75) is 0 Å². The summed E-state index contributed by atoms with van der Waals surface area (Å²) in [5, 5.41) is 2.50. The molecular formula is C14H12N2. The van der Waals surface area contributed by atoms with Crippen molar-refractivity contribution in [2.24, 2.45) is 7.05 Å². The molecule has 3 aromatic rings. The highest BCUT2D eigenvalue weighted by Gasteiger charge is 2.06. The normalized spacial score (nSPS) is 10.8. The van der Waals surface area contributed by atoms with E-state index >= 15 is 0 Å². The summed E-state index contributed by atoms with van der Waals surface area (Å²) in [5.41, 5.74) is 1.19. The predicted octanol–water partition coefficient (Wildman–Crippen LogP) is 3.24. The summed E-state index contributed by atoms with van der Waals surface area (Å²) in [6.45, 7) is 0. The number of hydrogen-bond acceptors (Lipinski definition) is 1. The molecule has 1 aromatic heterocycles. The molecule has 0 amide bonds. The molecule has 0 fully saturated rings. The molecule has 1 heterocycles. The first-order chi connectivity index (χ1) is 7.86. The molecule has 2 aromatic carbocycles. The van der Waals surface area contributed by atoms with Crippen LogP contribution in [0.15, 0.2) is 54.9 Å². The second-order valence-electron chi connectivity index (χ2n) is 3.89. The summed E-state index contributed by atoms with van der Waals surface area (Å²) in [6.07, 6.45) is 3.80. The highest BCUT2D eigenvalue weighted by molar-refractivity contribution is 5.95. The van der Waals surface area contributed by atoms with E-state index in [0.717, 1.165) is 5.82 Å². The molecule has 0 saturated carbocycles. The molecule has 2 nitrogen and oxygen atoms in total. The number of benzene rings is 2. The van der Waals surface area contributed by atoms with Crippen molar-refractivity contribution in [1.29, 1.82) is 0 Å². The maximum atomic E-state index is 4.40. The Morgan fingerprint density at radius 2 is 1.81 bits per heavy atom. The van der Waals surface area contributed by atoms with E-state index in [1.165, 1.54) is 16.3 Å².